The number of halogens is 2. The molecule has 0 atom stereocenters. The van der Waals surface area contributed by atoms with Gasteiger partial charge in [-0.1, -0.05) is 11.6 Å². The first-order valence-electron chi connectivity index (χ1n) is 5.06. The van der Waals surface area contributed by atoms with Crippen molar-refractivity contribution in [2.75, 3.05) is 0 Å². The van der Waals surface area contributed by atoms with Crippen LogP contribution >= 0.6 is 22.9 Å². The van der Waals surface area contributed by atoms with E-state index in [9.17, 15) is 9.18 Å². The largest absolute Gasteiger partial charge is 0.289 e. The first kappa shape index (κ1) is 12.3. The van der Waals surface area contributed by atoms with Gasteiger partial charge < -0.3 is 0 Å². The second-order valence-corrected chi connectivity index (χ2v) is 5.65. The van der Waals surface area contributed by atoms with Crippen LogP contribution in [-0.4, -0.2) is 5.78 Å². The second-order valence-electron chi connectivity index (χ2n) is 3.78. The van der Waals surface area contributed by atoms with E-state index in [4.69, 9.17) is 11.6 Å². The Hall–Kier alpha value is -1.19. The van der Waals surface area contributed by atoms with Crippen molar-refractivity contribution in [2.45, 2.75) is 13.8 Å². The number of benzene rings is 1. The molecule has 0 radical (unpaired) electrons. The van der Waals surface area contributed by atoms with Crippen molar-refractivity contribution in [1.29, 1.82) is 0 Å². The van der Waals surface area contributed by atoms with Crippen LogP contribution in [0.3, 0.4) is 0 Å². The molecule has 0 aliphatic carbocycles. The number of hydrogen-bond acceptors (Lipinski definition) is 2. The lowest BCUT2D eigenvalue weighted by Crippen LogP contribution is -2.01. The Kier molecular flexibility index (Phi) is 3.31. The molecule has 0 bridgehead atoms. The minimum Gasteiger partial charge on any atom is -0.289 e. The van der Waals surface area contributed by atoms with Gasteiger partial charge in [-0.3, -0.25) is 4.79 Å². The first-order valence-corrected chi connectivity index (χ1v) is 6.25. The monoisotopic (exact) mass is 268 g/mol. The van der Waals surface area contributed by atoms with Crippen molar-refractivity contribution >= 4 is 28.7 Å². The smallest absolute Gasteiger partial charge is 0.194 e. The Morgan fingerprint density at radius 1 is 1.29 bits per heavy atom. The minimum absolute atomic E-state index is 0.0276. The lowest BCUT2D eigenvalue weighted by Gasteiger charge is -2.01. The first-order chi connectivity index (χ1) is 7.99. The van der Waals surface area contributed by atoms with Crippen molar-refractivity contribution in [1.82, 2.24) is 0 Å². The predicted molar refractivity (Wildman–Crippen MR) is 68.6 cm³/mol. The van der Waals surface area contributed by atoms with Gasteiger partial charge in [-0.15, -0.1) is 11.3 Å². The van der Waals surface area contributed by atoms with Crippen LogP contribution in [0.15, 0.2) is 24.3 Å². The fourth-order valence-corrected chi connectivity index (χ4v) is 2.69. The molecule has 0 saturated heterocycles. The SMILES string of the molecule is Cc1cc(C(=O)c2ccc(Cl)c(F)c2)c(C)s1. The highest BCUT2D eigenvalue weighted by molar-refractivity contribution is 7.12. The molecule has 0 unspecified atom stereocenters. The van der Waals surface area contributed by atoms with Gasteiger partial charge in [-0.2, -0.15) is 0 Å². The molecule has 0 saturated carbocycles. The molecule has 1 aromatic heterocycles. The van der Waals surface area contributed by atoms with Crippen LogP contribution in [0.2, 0.25) is 5.02 Å². The summed E-state index contributed by atoms with van der Waals surface area (Å²) in [5.41, 5.74) is 0.960. The van der Waals surface area contributed by atoms with Gasteiger partial charge in [0.05, 0.1) is 5.02 Å². The van der Waals surface area contributed by atoms with E-state index >= 15 is 0 Å². The van der Waals surface area contributed by atoms with E-state index in [0.29, 0.717) is 11.1 Å². The van der Waals surface area contributed by atoms with Gasteiger partial charge in [0, 0.05) is 20.9 Å². The zero-order chi connectivity index (χ0) is 12.6. The van der Waals surface area contributed by atoms with Gasteiger partial charge in [0.25, 0.3) is 0 Å². The molecule has 17 heavy (non-hydrogen) atoms. The Morgan fingerprint density at radius 2 is 2.00 bits per heavy atom. The van der Waals surface area contributed by atoms with Crippen LogP contribution in [0.25, 0.3) is 0 Å². The van der Waals surface area contributed by atoms with E-state index in [1.54, 1.807) is 17.4 Å². The van der Waals surface area contributed by atoms with Gasteiger partial charge in [0.1, 0.15) is 5.82 Å². The molecule has 0 amide bonds. The summed E-state index contributed by atoms with van der Waals surface area (Å²) in [6, 6.07) is 5.95. The number of ketones is 1. The number of carbonyl (C=O) groups is 1. The molecule has 1 nitrogen and oxygen atoms in total. The number of aryl methyl sites for hydroxylation is 2. The van der Waals surface area contributed by atoms with Crippen LogP contribution in [0, 0.1) is 19.7 Å². The third kappa shape index (κ3) is 2.40. The minimum atomic E-state index is -0.567. The maximum absolute atomic E-state index is 13.3. The Labute approximate surface area is 108 Å². The third-order valence-electron chi connectivity index (χ3n) is 2.47. The summed E-state index contributed by atoms with van der Waals surface area (Å²) < 4.78 is 13.3. The lowest BCUT2D eigenvalue weighted by atomic mass is 10.0. The summed E-state index contributed by atoms with van der Waals surface area (Å²) in [4.78, 5) is 14.2. The number of hydrogen-bond donors (Lipinski definition) is 0. The van der Waals surface area contributed by atoms with E-state index in [0.717, 1.165) is 9.75 Å². The molecular formula is C13H10ClFOS. The predicted octanol–water partition coefficient (Wildman–Crippen LogP) is 4.39. The quantitative estimate of drug-likeness (QED) is 0.739. The highest BCUT2D eigenvalue weighted by Gasteiger charge is 2.15. The fraction of sp³-hybridized carbons (Fsp3) is 0.154. The summed E-state index contributed by atoms with van der Waals surface area (Å²) in [7, 11) is 0. The standard InChI is InChI=1S/C13H10ClFOS/c1-7-5-10(8(2)17-7)13(16)9-3-4-11(14)12(15)6-9/h3-6H,1-2H3. The van der Waals surface area contributed by atoms with Crippen LogP contribution < -0.4 is 0 Å². The van der Waals surface area contributed by atoms with E-state index < -0.39 is 5.82 Å². The Bertz CT molecular complexity index is 589. The summed E-state index contributed by atoms with van der Waals surface area (Å²) in [6.45, 7) is 3.83. The van der Waals surface area contributed by atoms with Crippen molar-refractivity contribution < 1.29 is 9.18 Å². The van der Waals surface area contributed by atoms with Crippen LogP contribution in [-0.2, 0) is 0 Å². The molecule has 0 aliphatic rings. The van der Waals surface area contributed by atoms with E-state index in [1.807, 2.05) is 19.9 Å². The average molecular weight is 269 g/mol. The fourth-order valence-electron chi connectivity index (χ4n) is 1.65. The van der Waals surface area contributed by atoms with Gasteiger partial charge in [-0.05, 0) is 38.1 Å². The number of carbonyl (C=O) groups excluding carboxylic acids is 1. The lowest BCUT2D eigenvalue weighted by molar-refractivity contribution is 0.103. The molecule has 88 valence electrons. The molecular weight excluding hydrogens is 259 g/mol. The summed E-state index contributed by atoms with van der Waals surface area (Å²) >= 11 is 7.14. The average Bonchev–Trinajstić information content (AvgIpc) is 2.61. The third-order valence-corrected chi connectivity index (χ3v) is 3.74. The maximum Gasteiger partial charge on any atom is 0.194 e. The second kappa shape index (κ2) is 4.59. The molecule has 2 rings (SSSR count). The summed E-state index contributed by atoms with van der Waals surface area (Å²) in [6.07, 6.45) is 0. The summed E-state index contributed by atoms with van der Waals surface area (Å²) in [5.74, 6) is -0.732. The van der Waals surface area contributed by atoms with Gasteiger partial charge >= 0.3 is 0 Å². The van der Waals surface area contributed by atoms with Gasteiger partial charge in [0.15, 0.2) is 5.78 Å². The highest BCUT2D eigenvalue weighted by Crippen LogP contribution is 2.24. The van der Waals surface area contributed by atoms with Crippen molar-refractivity contribution in [3.05, 3.63) is 56.0 Å². The van der Waals surface area contributed by atoms with Crippen LogP contribution in [0.5, 0.6) is 0 Å². The van der Waals surface area contributed by atoms with Crippen LogP contribution in [0.1, 0.15) is 25.7 Å². The molecule has 0 aliphatic heterocycles. The van der Waals surface area contributed by atoms with E-state index in [1.165, 1.54) is 12.1 Å². The molecule has 0 spiro atoms. The molecule has 4 heteroatoms. The van der Waals surface area contributed by atoms with Gasteiger partial charge in [0.2, 0.25) is 0 Å². The molecule has 1 heterocycles. The van der Waals surface area contributed by atoms with E-state index in [2.05, 4.69) is 0 Å². The zero-order valence-corrected chi connectivity index (χ0v) is 11.0. The Balaban J connectivity index is 2.44. The summed E-state index contributed by atoms with van der Waals surface area (Å²) in [5, 5.41) is 0.0276. The normalized spacial score (nSPS) is 10.6. The molecule has 1 aromatic carbocycles. The number of rotatable bonds is 2. The maximum atomic E-state index is 13.3. The van der Waals surface area contributed by atoms with Gasteiger partial charge in [-0.25, -0.2) is 4.39 Å². The highest BCUT2D eigenvalue weighted by atomic mass is 35.5. The van der Waals surface area contributed by atoms with E-state index in [-0.39, 0.29) is 10.8 Å². The molecule has 0 N–H and O–H groups in total. The van der Waals surface area contributed by atoms with Crippen molar-refractivity contribution in [3.63, 3.8) is 0 Å². The number of thiophene rings is 1. The van der Waals surface area contributed by atoms with Crippen LogP contribution in [0.4, 0.5) is 4.39 Å². The van der Waals surface area contributed by atoms with Crippen molar-refractivity contribution in [2.24, 2.45) is 0 Å². The topological polar surface area (TPSA) is 17.1 Å². The zero-order valence-electron chi connectivity index (χ0n) is 9.38. The molecule has 2 aromatic rings. The Morgan fingerprint density at radius 3 is 2.53 bits per heavy atom. The van der Waals surface area contributed by atoms with Crippen molar-refractivity contribution in [3.8, 4) is 0 Å². The molecule has 0 fully saturated rings.